The summed E-state index contributed by atoms with van der Waals surface area (Å²) in [5, 5.41) is 18.5. The smallest absolute Gasteiger partial charge is 0.410 e. The van der Waals surface area contributed by atoms with Gasteiger partial charge in [0.25, 0.3) is 0 Å². The van der Waals surface area contributed by atoms with Crippen molar-refractivity contribution >= 4 is 49.5 Å². The van der Waals surface area contributed by atoms with E-state index in [4.69, 9.17) is 34.5 Å². The number of rotatable bonds is 19. The number of nitrogens with zero attached hydrogens (tertiary/aromatic N) is 6. The molecule has 6 aromatic rings. The Bertz CT molecular complexity index is 3260. The topological polar surface area (TPSA) is 278 Å². The molecule has 0 bridgehead atoms. The minimum atomic E-state index is -5.04. The summed E-state index contributed by atoms with van der Waals surface area (Å²) >= 11 is 0. The number of tetrazole rings is 1. The molecule has 0 spiro atoms. The number of amides is 3. The molecule has 22 nitrogen and oxygen atoms in total. The lowest BCUT2D eigenvalue weighted by Crippen LogP contribution is -2.41. The van der Waals surface area contributed by atoms with Crippen LogP contribution in [0.2, 0.25) is 0 Å². The Labute approximate surface area is 448 Å². The molecule has 2 heterocycles. The van der Waals surface area contributed by atoms with E-state index in [0.717, 1.165) is 9.87 Å². The molecule has 1 fully saturated rings. The fourth-order valence-corrected chi connectivity index (χ4v) is 11.8. The van der Waals surface area contributed by atoms with Crippen molar-refractivity contribution in [2.45, 2.75) is 94.6 Å². The number of aromatic nitrogens is 4. The van der Waals surface area contributed by atoms with Gasteiger partial charge in [-0.15, -0.1) is 10.2 Å². The largest absolute Gasteiger partial charge is 0.497 e. The molecule has 1 aromatic heterocycles. The molecule has 0 radical (unpaired) electrons. The number of methoxy groups -OCH3 is 3. The second-order valence-corrected chi connectivity index (χ2v) is 23.6. The third kappa shape index (κ3) is 14.8. The SMILES string of the molecule is COc1ccc(CN(Cc2ccc(OC)cc2)S(=O)(=O)c2c(S(=O)(=O)NC3CCN(C(=O)OC(C)(C)C)C3)ccc(-c3ccc(NC(=O)CNC(=O)OC(C)(C)C)c(N)c3)c2-c2nnn(Cc3ccc(OC)cc3)n2)cc1. The first-order valence-corrected chi connectivity index (χ1v) is 27.3. The number of hydrogen-bond acceptors (Lipinski definition) is 16. The van der Waals surface area contributed by atoms with Crippen molar-refractivity contribution in [3.05, 3.63) is 120 Å². The maximum absolute atomic E-state index is 16.2. The highest BCUT2D eigenvalue weighted by Gasteiger charge is 2.40. The highest BCUT2D eigenvalue weighted by Crippen LogP contribution is 2.43. The Kier molecular flexibility index (Phi) is 17.5. The number of nitrogens with two attached hydrogens (primary N) is 1. The quantitative estimate of drug-likeness (QED) is 0.0607. The molecule has 1 atom stereocenters. The van der Waals surface area contributed by atoms with Gasteiger partial charge < -0.3 is 45.0 Å². The molecule has 5 N–H and O–H groups in total. The molecule has 410 valence electrons. The number of nitrogen functional groups attached to an aromatic ring is 1. The normalized spacial score (nSPS) is 14.0. The van der Waals surface area contributed by atoms with Crippen LogP contribution in [0.3, 0.4) is 0 Å². The van der Waals surface area contributed by atoms with Gasteiger partial charge >= 0.3 is 12.2 Å². The van der Waals surface area contributed by atoms with Crippen LogP contribution < -0.4 is 35.3 Å². The van der Waals surface area contributed by atoms with Gasteiger partial charge in [-0.1, -0.05) is 48.5 Å². The molecule has 5 aromatic carbocycles. The maximum Gasteiger partial charge on any atom is 0.410 e. The summed E-state index contributed by atoms with van der Waals surface area (Å²) in [6.45, 7) is 9.40. The van der Waals surface area contributed by atoms with Crippen molar-refractivity contribution in [3.8, 4) is 39.8 Å². The number of carbonyl (C=O) groups excluding carboxylic acids is 3. The van der Waals surface area contributed by atoms with Crippen LogP contribution in [0.25, 0.3) is 22.5 Å². The zero-order chi connectivity index (χ0) is 55.9. The molecule has 0 aliphatic carbocycles. The van der Waals surface area contributed by atoms with Crippen molar-refractivity contribution in [1.82, 2.24) is 39.5 Å². The number of carbonyl (C=O) groups is 3. The van der Waals surface area contributed by atoms with Gasteiger partial charge in [0.2, 0.25) is 31.8 Å². The lowest BCUT2D eigenvalue weighted by atomic mass is 9.98. The highest BCUT2D eigenvalue weighted by atomic mass is 32.2. The number of anilines is 2. The van der Waals surface area contributed by atoms with E-state index in [1.54, 1.807) is 128 Å². The van der Waals surface area contributed by atoms with Gasteiger partial charge in [-0.05, 0) is 136 Å². The average Bonchev–Trinajstić information content (AvgIpc) is 4.10. The van der Waals surface area contributed by atoms with Crippen LogP contribution in [0.15, 0.2) is 113 Å². The fraction of sp³-hybridized carbons (Fsp3) is 0.358. The summed E-state index contributed by atoms with van der Waals surface area (Å²) in [7, 11) is -5.33. The van der Waals surface area contributed by atoms with E-state index in [0.29, 0.717) is 28.4 Å². The van der Waals surface area contributed by atoms with Gasteiger partial charge in [0.05, 0.1) is 44.8 Å². The van der Waals surface area contributed by atoms with E-state index < -0.39 is 71.7 Å². The highest BCUT2D eigenvalue weighted by molar-refractivity contribution is 7.92. The van der Waals surface area contributed by atoms with Gasteiger partial charge in [0, 0.05) is 32.2 Å². The lowest BCUT2D eigenvalue weighted by Gasteiger charge is -2.27. The summed E-state index contributed by atoms with van der Waals surface area (Å²) < 4.78 is 93.7. The van der Waals surface area contributed by atoms with Crippen molar-refractivity contribution in [1.29, 1.82) is 0 Å². The summed E-state index contributed by atoms with van der Waals surface area (Å²) in [6, 6.07) is 26.9. The molecular weight excluding hydrogens is 1030 g/mol. The first kappa shape index (κ1) is 56.9. The predicted octanol–water partition coefficient (Wildman–Crippen LogP) is 6.81. The first-order valence-electron chi connectivity index (χ1n) is 24.4. The molecule has 1 aliphatic rings. The van der Waals surface area contributed by atoms with Crippen LogP contribution in [-0.2, 0) is 53.9 Å². The third-order valence-corrected chi connectivity index (χ3v) is 15.4. The van der Waals surface area contributed by atoms with Crippen molar-refractivity contribution < 1.29 is 54.9 Å². The molecule has 7 rings (SSSR count). The van der Waals surface area contributed by atoms with E-state index in [-0.39, 0.29) is 73.0 Å². The Morgan fingerprint density at radius 2 is 1.30 bits per heavy atom. The first-order chi connectivity index (χ1) is 36.3. The van der Waals surface area contributed by atoms with Gasteiger partial charge in [-0.25, -0.2) is 31.1 Å². The molecule has 1 aliphatic heterocycles. The number of nitrogens with one attached hydrogen (secondary N) is 3. The monoisotopic (exact) mass is 1100 g/mol. The molecule has 1 unspecified atom stereocenters. The van der Waals surface area contributed by atoms with Crippen molar-refractivity contribution in [3.63, 3.8) is 0 Å². The van der Waals surface area contributed by atoms with Crippen LogP contribution in [0.1, 0.15) is 64.7 Å². The van der Waals surface area contributed by atoms with Crippen molar-refractivity contribution in [2.75, 3.05) is 52.0 Å². The van der Waals surface area contributed by atoms with E-state index in [1.165, 1.54) is 48.2 Å². The van der Waals surface area contributed by atoms with Crippen molar-refractivity contribution in [2.24, 2.45) is 0 Å². The number of alkyl carbamates (subject to hydrolysis) is 1. The second-order valence-electron chi connectivity index (χ2n) is 20.0. The summed E-state index contributed by atoms with van der Waals surface area (Å²) in [6.07, 6.45) is -1.25. The second kappa shape index (κ2) is 23.6. The third-order valence-electron chi connectivity index (χ3n) is 11.8. The standard InChI is InChI=1S/C53H64N10O12S2/c1-52(2,3)74-50(65)55-29-46(64)56-44-24-16-37(28-43(44)54)42-23-25-45(76(67,68)59-38-26-27-61(33-38)51(66)75-53(4,5)6)48(47(42)49-57-60-63(58-49)32-36-14-21-41(73-9)22-15-36)77(69,70)62(30-34-10-17-39(71-7)18-11-34)31-35-12-19-40(72-8)20-13-35/h10-25,28,38,59H,26-27,29-33,54H2,1-9H3,(H,55,65)(H,56,64). The van der Waals surface area contributed by atoms with Gasteiger partial charge in [0.15, 0.2) is 0 Å². The molecule has 1 saturated heterocycles. The minimum absolute atomic E-state index is 0.0226. The Morgan fingerprint density at radius 1 is 0.740 bits per heavy atom. The molecule has 0 saturated carbocycles. The number of sulfonamides is 2. The summed E-state index contributed by atoms with van der Waals surface area (Å²) in [5.74, 6) is 0.763. The number of ether oxygens (including phenoxy) is 5. The molecule has 77 heavy (non-hydrogen) atoms. The summed E-state index contributed by atoms with van der Waals surface area (Å²) in [5.41, 5.74) is 7.11. The van der Waals surface area contributed by atoms with E-state index >= 15 is 16.8 Å². The zero-order valence-electron chi connectivity index (χ0n) is 44.3. The van der Waals surface area contributed by atoms with Crippen LogP contribution in [0.5, 0.6) is 17.2 Å². The minimum Gasteiger partial charge on any atom is -0.497 e. The number of hydrogen-bond donors (Lipinski definition) is 4. The predicted molar refractivity (Wildman–Crippen MR) is 287 cm³/mol. The molecular formula is C53H64N10O12S2. The molecule has 24 heteroatoms. The average molecular weight is 1100 g/mol. The van der Waals surface area contributed by atoms with Crippen LogP contribution >= 0.6 is 0 Å². The lowest BCUT2D eigenvalue weighted by molar-refractivity contribution is -0.115. The van der Waals surface area contributed by atoms with E-state index in [1.807, 2.05) is 0 Å². The summed E-state index contributed by atoms with van der Waals surface area (Å²) in [4.78, 5) is 39.8. The van der Waals surface area contributed by atoms with Gasteiger partial charge in [-0.2, -0.15) is 9.10 Å². The van der Waals surface area contributed by atoms with Crippen LogP contribution in [0.4, 0.5) is 21.0 Å². The van der Waals surface area contributed by atoms with E-state index in [9.17, 15) is 14.4 Å². The number of likely N-dealkylation sites (tertiary alicyclic amines) is 1. The Balaban J connectivity index is 1.41. The van der Waals surface area contributed by atoms with Gasteiger partial charge in [0.1, 0.15) is 44.8 Å². The van der Waals surface area contributed by atoms with Gasteiger partial charge in [-0.3, -0.25) is 4.79 Å². The zero-order valence-corrected chi connectivity index (χ0v) is 46.0. The van der Waals surface area contributed by atoms with Crippen LogP contribution in [-0.4, -0.2) is 123 Å². The Morgan fingerprint density at radius 3 is 1.83 bits per heavy atom. The van der Waals surface area contributed by atoms with E-state index in [2.05, 4.69) is 25.7 Å². The van der Waals surface area contributed by atoms with Crippen LogP contribution in [0, 0.1) is 0 Å². The maximum atomic E-state index is 16.2. The number of benzene rings is 5. The Hall–Kier alpha value is -7.80. The fourth-order valence-electron chi connectivity index (χ4n) is 8.16. The molecule has 3 amide bonds.